The third-order valence-electron chi connectivity index (χ3n) is 4.29. The zero-order chi connectivity index (χ0) is 13.9. The van der Waals surface area contributed by atoms with E-state index in [1.165, 1.54) is 0 Å². The molecule has 1 amide bonds. The predicted octanol–water partition coefficient (Wildman–Crippen LogP) is 1.73. The number of carbonyl (C=O) groups is 1. The molecule has 4 heteroatoms. The van der Waals surface area contributed by atoms with Gasteiger partial charge in [0.2, 0.25) is 0 Å². The largest absolute Gasteiger partial charge is 0.484 e. The number of nitrogens with zero attached hydrogens (tertiary/aromatic N) is 1. The quantitative estimate of drug-likeness (QED) is 0.912. The van der Waals surface area contributed by atoms with Gasteiger partial charge in [-0.05, 0) is 50.4 Å². The highest BCUT2D eigenvalue weighted by Crippen LogP contribution is 2.28. The molecule has 0 aliphatic carbocycles. The lowest BCUT2D eigenvalue weighted by Crippen LogP contribution is -2.44. The van der Waals surface area contributed by atoms with Gasteiger partial charge in [-0.1, -0.05) is 12.1 Å². The van der Waals surface area contributed by atoms with E-state index in [0.29, 0.717) is 12.1 Å². The maximum atomic E-state index is 12.4. The minimum absolute atomic E-state index is 0.128. The summed E-state index contributed by atoms with van der Waals surface area (Å²) in [5.74, 6) is 0.904. The first-order valence-corrected chi connectivity index (χ1v) is 7.45. The van der Waals surface area contributed by atoms with E-state index in [-0.39, 0.29) is 12.5 Å². The van der Waals surface area contributed by atoms with Gasteiger partial charge < -0.3 is 15.0 Å². The zero-order valence-electron chi connectivity index (χ0n) is 12.0. The van der Waals surface area contributed by atoms with Crippen molar-refractivity contribution in [3.63, 3.8) is 0 Å². The van der Waals surface area contributed by atoms with E-state index in [4.69, 9.17) is 4.74 Å². The van der Waals surface area contributed by atoms with Crippen molar-refractivity contribution >= 4 is 5.91 Å². The van der Waals surface area contributed by atoms with E-state index in [2.05, 4.69) is 10.2 Å². The Balaban J connectivity index is 1.61. The summed E-state index contributed by atoms with van der Waals surface area (Å²) in [6.07, 6.45) is 3.32. The molecule has 20 heavy (non-hydrogen) atoms. The molecule has 4 nitrogen and oxygen atoms in total. The number of hydrogen-bond donors (Lipinski definition) is 1. The van der Waals surface area contributed by atoms with Gasteiger partial charge >= 0.3 is 0 Å². The van der Waals surface area contributed by atoms with Crippen LogP contribution in [0.25, 0.3) is 0 Å². The molecular formula is C16H22N2O2. The van der Waals surface area contributed by atoms with E-state index < -0.39 is 0 Å². The van der Waals surface area contributed by atoms with Crippen LogP contribution in [0, 0.1) is 6.92 Å². The Bertz CT molecular complexity index is 475. The second-order valence-corrected chi connectivity index (χ2v) is 5.78. The monoisotopic (exact) mass is 274 g/mol. The minimum Gasteiger partial charge on any atom is -0.484 e. The van der Waals surface area contributed by atoms with Gasteiger partial charge in [-0.2, -0.15) is 0 Å². The minimum atomic E-state index is 0.128. The Morgan fingerprint density at radius 2 is 2.20 bits per heavy atom. The molecule has 1 aromatic carbocycles. The average Bonchev–Trinajstić information content (AvgIpc) is 2.69. The van der Waals surface area contributed by atoms with E-state index in [1.54, 1.807) is 0 Å². The number of hydrogen-bond acceptors (Lipinski definition) is 3. The summed E-state index contributed by atoms with van der Waals surface area (Å²) in [6.45, 7) is 4.11. The Morgan fingerprint density at radius 1 is 1.35 bits per heavy atom. The number of rotatable bonds is 3. The molecule has 2 saturated heterocycles. The van der Waals surface area contributed by atoms with Gasteiger partial charge in [0.15, 0.2) is 6.61 Å². The molecule has 2 fully saturated rings. The molecule has 0 radical (unpaired) electrons. The molecule has 1 aromatic rings. The SMILES string of the molecule is Cc1cccc(OCC(=O)N2C3CCNCC2CC3)c1. The molecule has 2 heterocycles. The third-order valence-corrected chi connectivity index (χ3v) is 4.29. The fourth-order valence-electron chi connectivity index (χ4n) is 3.31. The van der Waals surface area contributed by atoms with E-state index in [9.17, 15) is 4.79 Å². The van der Waals surface area contributed by atoms with Crippen molar-refractivity contribution in [1.29, 1.82) is 0 Å². The molecule has 2 aliphatic heterocycles. The smallest absolute Gasteiger partial charge is 0.261 e. The maximum Gasteiger partial charge on any atom is 0.261 e. The van der Waals surface area contributed by atoms with Crippen LogP contribution in [0.2, 0.25) is 0 Å². The third kappa shape index (κ3) is 2.80. The maximum absolute atomic E-state index is 12.4. The molecule has 2 unspecified atom stereocenters. The van der Waals surface area contributed by atoms with Crippen LogP contribution in [0.15, 0.2) is 24.3 Å². The van der Waals surface area contributed by atoms with Crippen LogP contribution in [0.3, 0.4) is 0 Å². The lowest BCUT2D eigenvalue weighted by atomic mass is 10.1. The molecule has 2 bridgehead atoms. The van der Waals surface area contributed by atoms with E-state index in [1.807, 2.05) is 31.2 Å². The Labute approximate surface area is 120 Å². The van der Waals surface area contributed by atoms with Crippen LogP contribution in [0.4, 0.5) is 0 Å². The summed E-state index contributed by atoms with van der Waals surface area (Å²) in [6, 6.07) is 8.61. The van der Waals surface area contributed by atoms with E-state index >= 15 is 0 Å². The molecular weight excluding hydrogens is 252 g/mol. The van der Waals surface area contributed by atoms with Crippen molar-refractivity contribution in [2.75, 3.05) is 19.7 Å². The normalized spacial score (nSPS) is 25.4. The van der Waals surface area contributed by atoms with Gasteiger partial charge in [-0.15, -0.1) is 0 Å². The fraction of sp³-hybridized carbons (Fsp3) is 0.562. The molecule has 0 aromatic heterocycles. The Hall–Kier alpha value is -1.55. The van der Waals surface area contributed by atoms with Gasteiger partial charge in [0.25, 0.3) is 5.91 Å². The molecule has 2 atom stereocenters. The second-order valence-electron chi connectivity index (χ2n) is 5.78. The second kappa shape index (κ2) is 5.83. The van der Waals surface area contributed by atoms with Crippen LogP contribution in [-0.4, -0.2) is 42.6 Å². The van der Waals surface area contributed by atoms with Crippen LogP contribution in [-0.2, 0) is 4.79 Å². The van der Waals surface area contributed by atoms with Gasteiger partial charge in [0.1, 0.15) is 5.75 Å². The Kier molecular flexibility index (Phi) is 3.92. The summed E-state index contributed by atoms with van der Waals surface area (Å²) in [5.41, 5.74) is 1.15. The highest BCUT2D eigenvalue weighted by Gasteiger charge is 2.37. The van der Waals surface area contributed by atoms with Crippen molar-refractivity contribution in [3.05, 3.63) is 29.8 Å². The van der Waals surface area contributed by atoms with E-state index in [0.717, 1.165) is 43.7 Å². The predicted molar refractivity (Wildman–Crippen MR) is 77.8 cm³/mol. The van der Waals surface area contributed by atoms with Gasteiger partial charge in [-0.3, -0.25) is 4.79 Å². The van der Waals surface area contributed by atoms with Crippen molar-refractivity contribution in [3.8, 4) is 5.75 Å². The number of amides is 1. The van der Waals surface area contributed by atoms with Crippen molar-refractivity contribution < 1.29 is 9.53 Å². The number of nitrogens with one attached hydrogen (secondary N) is 1. The van der Waals surface area contributed by atoms with Gasteiger partial charge in [0, 0.05) is 18.6 Å². The molecule has 0 saturated carbocycles. The number of aryl methyl sites for hydroxylation is 1. The first kappa shape index (κ1) is 13.4. The highest BCUT2D eigenvalue weighted by molar-refractivity contribution is 5.79. The topological polar surface area (TPSA) is 41.6 Å². The van der Waals surface area contributed by atoms with Crippen LogP contribution in [0.5, 0.6) is 5.75 Å². The molecule has 108 valence electrons. The highest BCUT2D eigenvalue weighted by atomic mass is 16.5. The van der Waals surface area contributed by atoms with Crippen molar-refractivity contribution in [1.82, 2.24) is 10.2 Å². The summed E-state index contributed by atoms with van der Waals surface area (Å²) in [4.78, 5) is 14.5. The number of ether oxygens (including phenoxy) is 1. The molecule has 1 N–H and O–H groups in total. The molecule has 3 rings (SSSR count). The molecule has 2 aliphatic rings. The first-order chi connectivity index (χ1) is 9.74. The molecule has 0 spiro atoms. The first-order valence-electron chi connectivity index (χ1n) is 7.45. The number of fused-ring (bicyclic) bond motifs is 2. The van der Waals surface area contributed by atoms with Crippen molar-refractivity contribution in [2.45, 2.75) is 38.3 Å². The average molecular weight is 274 g/mol. The van der Waals surface area contributed by atoms with Gasteiger partial charge in [-0.25, -0.2) is 0 Å². The lowest BCUT2D eigenvalue weighted by molar-refractivity contribution is -0.136. The lowest BCUT2D eigenvalue weighted by Gasteiger charge is -2.27. The van der Waals surface area contributed by atoms with Crippen molar-refractivity contribution in [2.24, 2.45) is 0 Å². The number of carbonyl (C=O) groups excluding carboxylic acids is 1. The Morgan fingerprint density at radius 3 is 3.05 bits per heavy atom. The zero-order valence-corrected chi connectivity index (χ0v) is 12.0. The number of benzene rings is 1. The summed E-state index contributed by atoms with van der Waals surface area (Å²) < 4.78 is 5.66. The van der Waals surface area contributed by atoms with Crippen LogP contribution < -0.4 is 10.1 Å². The van der Waals surface area contributed by atoms with Crippen LogP contribution in [0.1, 0.15) is 24.8 Å². The summed E-state index contributed by atoms with van der Waals surface area (Å²) >= 11 is 0. The standard InChI is InChI=1S/C16H22N2O2/c1-12-3-2-4-15(9-12)20-11-16(19)18-13-5-6-14(18)10-17-8-7-13/h2-4,9,13-14,17H,5-8,10-11H2,1H3. The summed E-state index contributed by atoms with van der Waals surface area (Å²) in [7, 11) is 0. The summed E-state index contributed by atoms with van der Waals surface area (Å²) in [5, 5.41) is 3.41. The van der Waals surface area contributed by atoms with Crippen LogP contribution >= 0.6 is 0 Å². The van der Waals surface area contributed by atoms with Gasteiger partial charge in [0.05, 0.1) is 0 Å². The fourth-order valence-corrected chi connectivity index (χ4v) is 3.31.